The Morgan fingerprint density at radius 2 is 1.97 bits per heavy atom. The second-order valence-electron chi connectivity index (χ2n) is 7.59. The summed E-state index contributed by atoms with van der Waals surface area (Å²) in [6.07, 6.45) is 5.42. The van der Waals surface area contributed by atoms with Crippen molar-refractivity contribution < 1.29 is 9.21 Å². The van der Waals surface area contributed by atoms with E-state index in [9.17, 15) is 9.59 Å². The summed E-state index contributed by atoms with van der Waals surface area (Å²) < 4.78 is 8.70. The summed E-state index contributed by atoms with van der Waals surface area (Å²) in [6, 6.07) is 7.64. The lowest BCUT2D eigenvalue weighted by atomic mass is 10.2. The number of aryl methyl sites for hydroxylation is 2. The molecule has 29 heavy (non-hydrogen) atoms. The third-order valence-corrected chi connectivity index (χ3v) is 5.35. The van der Waals surface area contributed by atoms with Crippen LogP contribution in [0.4, 0.5) is 0 Å². The van der Waals surface area contributed by atoms with Crippen molar-refractivity contribution in [2.75, 3.05) is 0 Å². The Morgan fingerprint density at radius 1 is 1.21 bits per heavy atom. The summed E-state index contributed by atoms with van der Waals surface area (Å²) in [7, 11) is 0. The molecule has 0 bridgehead atoms. The highest BCUT2D eigenvalue weighted by Crippen LogP contribution is 2.28. The SMILES string of the molecule is Cc1cc2c(cc3c(=O)n(CC(=O)N(Cc4ccncc4)C4CC4)nc(C)n32)o1. The minimum Gasteiger partial charge on any atom is -0.460 e. The number of carbonyl (C=O) groups is 1. The van der Waals surface area contributed by atoms with Crippen LogP contribution in [0.5, 0.6) is 0 Å². The molecule has 148 valence electrons. The Bertz CT molecular complexity index is 1280. The number of carbonyl (C=O) groups excluding carboxylic acids is 1. The van der Waals surface area contributed by atoms with E-state index in [-0.39, 0.29) is 24.1 Å². The highest BCUT2D eigenvalue weighted by atomic mass is 16.3. The molecule has 1 aliphatic carbocycles. The molecule has 1 saturated carbocycles. The van der Waals surface area contributed by atoms with Crippen molar-refractivity contribution in [2.24, 2.45) is 0 Å². The van der Waals surface area contributed by atoms with Crippen LogP contribution in [0, 0.1) is 13.8 Å². The molecule has 4 aromatic rings. The third kappa shape index (κ3) is 3.10. The van der Waals surface area contributed by atoms with Crippen LogP contribution in [0.1, 0.15) is 30.0 Å². The molecule has 0 saturated heterocycles. The fourth-order valence-electron chi connectivity index (χ4n) is 3.84. The van der Waals surface area contributed by atoms with Crippen molar-refractivity contribution in [3.8, 4) is 0 Å². The maximum absolute atomic E-state index is 13.1. The Hall–Kier alpha value is -3.42. The van der Waals surface area contributed by atoms with E-state index in [1.807, 2.05) is 36.9 Å². The molecule has 5 rings (SSSR count). The molecule has 1 aliphatic rings. The largest absolute Gasteiger partial charge is 0.460 e. The Morgan fingerprint density at radius 3 is 2.69 bits per heavy atom. The number of hydrogen-bond donors (Lipinski definition) is 0. The van der Waals surface area contributed by atoms with Crippen molar-refractivity contribution in [2.45, 2.75) is 45.8 Å². The minimum atomic E-state index is -0.298. The van der Waals surface area contributed by atoms with Gasteiger partial charge in [-0.2, -0.15) is 5.10 Å². The molecule has 0 aromatic carbocycles. The molecule has 0 atom stereocenters. The van der Waals surface area contributed by atoms with Gasteiger partial charge in [-0.3, -0.25) is 19.0 Å². The quantitative estimate of drug-likeness (QED) is 0.522. The molecule has 0 aliphatic heterocycles. The number of rotatable bonds is 5. The van der Waals surface area contributed by atoms with Crippen LogP contribution in [0.15, 0.2) is 45.9 Å². The topological polar surface area (TPSA) is 85.6 Å². The lowest BCUT2D eigenvalue weighted by molar-refractivity contribution is -0.133. The van der Waals surface area contributed by atoms with Gasteiger partial charge in [-0.1, -0.05) is 0 Å². The number of hydrogen-bond acceptors (Lipinski definition) is 5. The van der Waals surface area contributed by atoms with Crippen molar-refractivity contribution in [3.63, 3.8) is 0 Å². The Labute approximate surface area is 166 Å². The van der Waals surface area contributed by atoms with Gasteiger partial charge < -0.3 is 9.32 Å². The average molecular weight is 391 g/mol. The predicted molar refractivity (Wildman–Crippen MR) is 107 cm³/mol. The van der Waals surface area contributed by atoms with E-state index < -0.39 is 0 Å². The molecule has 0 radical (unpaired) electrons. The molecule has 0 N–H and O–H groups in total. The normalized spacial score (nSPS) is 14.0. The van der Waals surface area contributed by atoms with Crippen LogP contribution in [0.25, 0.3) is 16.6 Å². The highest BCUT2D eigenvalue weighted by Gasteiger charge is 2.33. The van der Waals surface area contributed by atoms with E-state index >= 15 is 0 Å². The lowest BCUT2D eigenvalue weighted by Gasteiger charge is -2.23. The van der Waals surface area contributed by atoms with Crippen molar-refractivity contribution in [3.05, 3.63) is 64.2 Å². The summed E-state index contributed by atoms with van der Waals surface area (Å²) in [5, 5.41) is 4.41. The maximum Gasteiger partial charge on any atom is 0.291 e. The van der Waals surface area contributed by atoms with E-state index in [1.165, 1.54) is 4.68 Å². The zero-order chi connectivity index (χ0) is 20.1. The number of nitrogens with zero attached hydrogens (tertiary/aromatic N) is 5. The van der Waals surface area contributed by atoms with E-state index in [4.69, 9.17) is 4.42 Å². The minimum absolute atomic E-state index is 0.0800. The smallest absolute Gasteiger partial charge is 0.291 e. The highest BCUT2D eigenvalue weighted by molar-refractivity contribution is 5.83. The molecule has 1 fully saturated rings. The van der Waals surface area contributed by atoms with E-state index in [0.29, 0.717) is 23.5 Å². The van der Waals surface area contributed by atoms with Gasteiger partial charge in [0.2, 0.25) is 5.91 Å². The number of aromatic nitrogens is 4. The third-order valence-electron chi connectivity index (χ3n) is 5.35. The average Bonchev–Trinajstić information content (AvgIpc) is 3.38. The van der Waals surface area contributed by atoms with Gasteiger partial charge in [0, 0.05) is 37.1 Å². The van der Waals surface area contributed by atoms with Gasteiger partial charge in [-0.25, -0.2) is 4.68 Å². The van der Waals surface area contributed by atoms with Gasteiger partial charge in [0.05, 0.1) is 5.52 Å². The number of fused-ring (bicyclic) bond motifs is 3. The molecule has 4 heterocycles. The van der Waals surface area contributed by atoms with Crippen LogP contribution >= 0.6 is 0 Å². The molecule has 4 aromatic heterocycles. The second kappa shape index (κ2) is 6.58. The van der Waals surface area contributed by atoms with Gasteiger partial charge in [-0.15, -0.1) is 0 Å². The lowest BCUT2D eigenvalue weighted by Crippen LogP contribution is -2.39. The number of pyridine rings is 1. The zero-order valence-corrected chi connectivity index (χ0v) is 16.3. The van der Waals surface area contributed by atoms with Crippen LogP contribution in [0.2, 0.25) is 0 Å². The first kappa shape index (κ1) is 17.7. The molecule has 8 heteroatoms. The predicted octanol–water partition coefficient (Wildman–Crippen LogP) is 2.45. The van der Waals surface area contributed by atoms with Crippen LogP contribution in [-0.2, 0) is 17.9 Å². The molecular formula is C21H21N5O3. The zero-order valence-electron chi connectivity index (χ0n) is 16.3. The fraction of sp³-hybridized carbons (Fsp3) is 0.333. The summed E-state index contributed by atoms with van der Waals surface area (Å²) in [6.45, 7) is 4.12. The van der Waals surface area contributed by atoms with Crippen LogP contribution in [0.3, 0.4) is 0 Å². The van der Waals surface area contributed by atoms with Gasteiger partial charge in [0.15, 0.2) is 5.58 Å². The van der Waals surface area contributed by atoms with E-state index in [1.54, 1.807) is 22.9 Å². The molecular weight excluding hydrogens is 370 g/mol. The van der Waals surface area contributed by atoms with E-state index in [2.05, 4.69) is 10.1 Å². The monoisotopic (exact) mass is 391 g/mol. The molecule has 0 spiro atoms. The van der Waals surface area contributed by atoms with Crippen LogP contribution < -0.4 is 5.56 Å². The standard InChI is InChI=1S/C21H21N5O3/c1-13-9-17-19(29-13)10-18-21(28)25(23-14(2)26(17)18)12-20(27)24(16-3-4-16)11-15-5-7-22-8-6-15/h5-10,16H,3-4,11-12H2,1-2H3. The van der Waals surface area contributed by atoms with Gasteiger partial charge in [-0.05, 0) is 44.4 Å². The first-order valence-corrected chi connectivity index (χ1v) is 9.69. The van der Waals surface area contributed by atoms with Gasteiger partial charge in [0.1, 0.15) is 23.6 Å². The summed E-state index contributed by atoms with van der Waals surface area (Å²) in [5.41, 5.74) is 2.65. The summed E-state index contributed by atoms with van der Waals surface area (Å²) >= 11 is 0. The van der Waals surface area contributed by atoms with Crippen LogP contribution in [-0.4, -0.2) is 36.0 Å². The van der Waals surface area contributed by atoms with Gasteiger partial charge in [0.25, 0.3) is 5.56 Å². The van der Waals surface area contributed by atoms with E-state index in [0.717, 1.165) is 29.7 Å². The van der Waals surface area contributed by atoms with Crippen molar-refractivity contribution in [1.29, 1.82) is 0 Å². The number of furan rings is 1. The fourth-order valence-corrected chi connectivity index (χ4v) is 3.84. The first-order valence-electron chi connectivity index (χ1n) is 9.69. The summed E-state index contributed by atoms with van der Waals surface area (Å²) in [5.74, 6) is 1.31. The van der Waals surface area contributed by atoms with Crippen molar-refractivity contribution >= 4 is 22.5 Å². The molecule has 1 amide bonds. The molecule has 8 nitrogen and oxygen atoms in total. The first-order chi connectivity index (χ1) is 14.0. The Balaban J connectivity index is 1.48. The Kier molecular flexibility index (Phi) is 4.01. The second-order valence-corrected chi connectivity index (χ2v) is 7.59. The number of amides is 1. The van der Waals surface area contributed by atoms with Gasteiger partial charge >= 0.3 is 0 Å². The summed E-state index contributed by atoms with van der Waals surface area (Å²) in [4.78, 5) is 31.9. The van der Waals surface area contributed by atoms with Crippen molar-refractivity contribution in [1.82, 2.24) is 24.1 Å². The molecule has 0 unspecified atom stereocenters. The maximum atomic E-state index is 13.1.